The van der Waals surface area contributed by atoms with Gasteiger partial charge in [0.1, 0.15) is 11.9 Å². The Bertz CT molecular complexity index is 368. The van der Waals surface area contributed by atoms with Crippen molar-refractivity contribution < 1.29 is 9.50 Å². The van der Waals surface area contributed by atoms with Gasteiger partial charge in [0.25, 0.3) is 5.56 Å². The van der Waals surface area contributed by atoms with Crippen LogP contribution in [0.4, 0.5) is 4.39 Å². The lowest BCUT2D eigenvalue weighted by molar-refractivity contribution is 0.134. The third-order valence-electron chi connectivity index (χ3n) is 2.38. The van der Waals surface area contributed by atoms with Crippen molar-refractivity contribution in [2.45, 2.75) is 25.1 Å². The molecular formula is C9H10FNO2. The van der Waals surface area contributed by atoms with E-state index in [2.05, 4.69) is 0 Å². The first-order chi connectivity index (χ1) is 6.16. The number of alkyl halides is 1. The lowest BCUT2D eigenvalue weighted by atomic mass is 9.90. The largest absolute Gasteiger partial charge is 0.508 e. The van der Waals surface area contributed by atoms with Gasteiger partial charge in [-0.25, -0.2) is 4.39 Å². The molecule has 13 heavy (non-hydrogen) atoms. The topological polar surface area (TPSA) is 42.2 Å². The molecule has 2 rings (SSSR count). The molecule has 1 aromatic rings. The molecule has 1 aliphatic rings. The first-order valence-corrected chi connectivity index (χ1v) is 4.22. The van der Waals surface area contributed by atoms with E-state index >= 15 is 0 Å². The first-order valence-electron chi connectivity index (χ1n) is 4.22. The molecule has 1 aliphatic carbocycles. The number of halogens is 1. The number of hydrogen-bond donors (Lipinski definition) is 1. The minimum absolute atomic E-state index is 0.0249. The molecule has 0 aliphatic heterocycles. The summed E-state index contributed by atoms with van der Waals surface area (Å²) in [6, 6.07) is 2.56. The third-order valence-corrected chi connectivity index (χ3v) is 2.38. The molecule has 1 heterocycles. The number of pyridine rings is 1. The molecule has 1 saturated carbocycles. The summed E-state index contributed by atoms with van der Waals surface area (Å²) in [5.74, 6) is -0.0441. The maximum atomic E-state index is 12.5. The van der Waals surface area contributed by atoms with Crippen LogP contribution in [0.1, 0.15) is 18.9 Å². The Kier molecular flexibility index (Phi) is 1.83. The summed E-state index contributed by atoms with van der Waals surface area (Å²) >= 11 is 0. The van der Waals surface area contributed by atoms with Gasteiger partial charge in [0.2, 0.25) is 0 Å². The minimum Gasteiger partial charge on any atom is -0.508 e. The smallest absolute Gasteiger partial charge is 0.254 e. The van der Waals surface area contributed by atoms with Crippen LogP contribution in [-0.4, -0.2) is 15.8 Å². The van der Waals surface area contributed by atoms with Crippen LogP contribution < -0.4 is 5.56 Å². The molecule has 0 radical (unpaired) electrons. The van der Waals surface area contributed by atoms with E-state index in [4.69, 9.17) is 5.11 Å². The number of hydrogen-bond acceptors (Lipinski definition) is 2. The second kappa shape index (κ2) is 2.87. The predicted octanol–water partition coefficient (Wildman–Crippen LogP) is 1.23. The van der Waals surface area contributed by atoms with Crippen LogP contribution in [0.25, 0.3) is 0 Å². The Morgan fingerprint density at radius 1 is 1.54 bits per heavy atom. The molecule has 0 bridgehead atoms. The molecule has 0 amide bonds. The normalized spacial score (nSPS) is 26.8. The summed E-state index contributed by atoms with van der Waals surface area (Å²) in [5, 5.41) is 8.97. The summed E-state index contributed by atoms with van der Waals surface area (Å²) < 4.78 is 14.0. The van der Waals surface area contributed by atoms with Gasteiger partial charge in [-0.1, -0.05) is 0 Å². The molecule has 1 N–H and O–H groups in total. The third kappa shape index (κ3) is 1.43. The van der Waals surface area contributed by atoms with E-state index in [0.29, 0.717) is 12.8 Å². The monoisotopic (exact) mass is 183 g/mol. The van der Waals surface area contributed by atoms with E-state index in [1.165, 1.54) is 16.8 Å². The van der Waals surface area contributed by atoms with Crippen molar-refractivity contribution in [1.29, 1.82) is 0 Å². The second-order valence-corrected chi connectivity index (χ2v) is 3.35. The van der Waals surface area contributed by atoms with Crippen LogP contribution >= 0.6 is 0 Å². The highest BCUT2D eigenvalue weighted by Crippen LogP contribution is 2.33. The molecule has 70 valence electrons. The lowest BCUT2D eigenvalue weighted by Gasteiger charge is -2.31. The van der Waals surface area contributed by atoms with Crippen molar-refractivity contribution >= 4 is 0 Å². The standard InChI is InChI=1S/C9H10FNO2/c10-6-3-7(4-6)11-2-1-8(12)5-9(11)13/h1-2,5-7,12H,3-4H2. The van der Waals surface area contributed by atoms with Crippen molar-refractivity contribution in [3.8, 4) is 5.75 Å². The van der Waals surface area contributed by atoms with Crippen LogP contribution in [0.2, 0.25) is 0 Å². The van der Waals surface area contributed by atoms with Gasteiger partial charge in [0, 0.05) is 18.3 Å². The highest BCUT2D eigenvalue weighted by atomic mass is 19.1. The SMILES string of the molecule is O=c1cc(O)ccn1C1CC(F)C1. The summed E-state index contributed by atoms with van der Waals surface area (Å²) in [5.41, 5.74) is -0.267. The highest BCUT2D eigenvalue weighted by molar-refractivity contribution is 5.16. The molecule has 0 saturated heterocycles. The summed E-state index contributed by atoms with van der Waals surface area (Å²) in [7, 11) is 0. The fraction of sp³-hybridized carbons (Fsp3) is 0.444. The summed E-state index contributed by atoms with van der Waals surface area (Å²) in [6.07, 6.45) is 1.55. The first kappa shape index (κ1) is 8.29. The molecule has 1 aromatic heterocycles. The Hall–Kier alpha value is -1.32. The van der Waals surface area contributed by atoms with Gasteiger partial charge in [0.05, 0.1) is 0 Å². The highest BCUT2D eigenvalue weighted by Gasteiger charge is 2.30. The summed E-state index contributed by atoms with van der Waals surface area (Å²) in [4.78, 5) is 11.3. The van der Waals surface area contributed by atoms with Crippen LogP contribution in [0.3, 0.4) is 0 Å². The van der Waals surface area contributed by atoms with Crippen LogP contribution in [-0.2, 0) is 0 Å². The zero-order valence-corrected chi connectivity index (χ0v) is 6.98. The van der Waals surface area contributed by atoms with E-state index in [9.17, 15) is 9.18 Å². The molecule has 0 spiro atoms. The average molecular weight is 183 g/mol. The van der Waals surface area contributed by atoms with Crippen molar-refractivity contribution in [1.82, 2.24) is 4.57 Å². The maximum absolute atomic E-state index is 12.5. The van der Waals surface area contributed by atoms with Crippen molar-refractivity contribution in [3.05, 3.63) is 28.7 Å². The fourth-order valence-electron chi connectivity index (χ4n) is 1.53. The Morgan fingerprint density at radius 3 is 2.77 bits per heavy atom. The number of aromatic hydroxyl groups is 1. The summed E-state index contributed by atoms with van der Waals surface area (Å²) in [6.45, 7) is 0. The Labute approximate surface area is 74.4 Å². The zero-order chi connectivity index (χ0) is 9.42. The van der Waals surface area contributed by atoms with Crippen LogP contribution in [0.15, 0.2) is 23.1 Å². The van der Waals surface area contributed by atoms with Crippen LogP contribution in [0, 0.1) is 0 Å². The van der Waals surface area contributed by atoms with Crippen molar-refractivity contribution in [2.75, 3.05) is 0 Å². The quantitative estimate of drug-likeness (QED) is 0.711. The van der Waals surface area contributed by atoms with Gasteiger partial charge in [-0.15, -0.1) is 0 Å². The van der Waals surface area contributed by atoms with Gasteiger partial charge < -0.3 is 9.67 Å². The lowest BCUT2D eigenvalue weighted by Crippen LogP contribution is -2.34. The molecule has 4 heteroatoms. The average Bonchev–Trinajstić information content (AvgIpc) is 2.00. The Balaban J connectivity index is 2.27. The minimum atomic E-state index is -0.772. The second-order valence-electron chi connectivity index (χ2n) is 3.35. The Morgan fingerprint density at radius 2 is 2.23 bits per heavy atom. The zero-order valence-electron chi connectivity index (χ0n) is 6.98. The van der Waals surface area contributed by atoms with E-state index in [1.54, 1.807) is 0 Å². The van der Waals surface area contributed by atoms with Crippen molar-refractivity contribution in [2.24, 2.45) is 0 Å². The van der Waals surface area contributed by atoms with Crippen LogP contribution in [0.5, 0.6) is 5.75 Å². The van der Waals surface area contributed by atoms with E-state index in [1.807, 2.05) is 0 Å². The van der Waals surface area contributed by atoms with E-state index in [-0.39, 0.29) is 17.4 Å². The molecule has 3 nitrogen and oxygen atoms in total. The fourth-order valence-corrected chi connectivity index (χ4v) is 1.53. The predicted molar refractivity (Wildman–Crippen MR) is 45.5 cm³/mol. The van der Waals surface area contributed by atoms with Gasteiger partial charge in [-0.2, -0.15) is 0 Å². The molecule has 1 fully saturated rings. The van der Waals surface area contributed by atoms with Crippen molar-refractivity contribution in [3.63, 3.8) is 0 Å². The van der Waals surface area contributed by atoms with E-state index in [0.717, 1.165) is 6.07 Å². The number of aromatic nitrogens is 1. The van der Waals surface area contributed by atoms with Gasteiger partial charge in [-0.3, -0.25) is 4.79 Å². The van der Waals surface area contributed by atoms with Gasteiger partial charge in [0.15, 0.2) is 0 Å². The number of nitrogens with zero attached hydrogens (tertiary/aromatic N) is 1. The molecule has 0 unspecified atom stereocenters. The van der Waals surface area contributed by atoms with Gasteiger partial charge in [-0.05, 0) is 18.9 Å². The molecule has 0 atom stereocenters. The van der Waals surface area contributed by atoms with E-state index < -0.39 is 6.17 Å². The molecule has 0 aromatic carbocycles. The number of rotatable bonds is 1. The maximum Gasteiger partial charge on any atom is 0.254 e. The molecular weight excluding hydrogens is 173 g/mol. The van der Waals surface area contributed by atoms with Gasteiger partial charge >= 0.3 is 0 Å².